The Labute approximate surface area is 108 Å². The molecule has 0 unspecified atom stereocenters. The average Bonchev–Trinajstić information content (AvgIpc) is 1.54. The molecule has 0 bridgehead atoms. The summed E-state index contributed by atoms with van der Waals surface area (Å²) in [4.78, 5) is 26.7. The summed E-state index contributed by atoms with van der Waals surface area (Å²) in [7, 11) is 0. The standard InChI is InChI=1S/3C2H4O2.Pm/c3*1-2(3)4;/h3*1H3,(H,3,4);/p-3. The maximum Gasteiger partial charge on any atom is 0.0383 e. The summed E-state index contributed by atoms with van der Waals surface area (Å²) in [6.07, 6.45) is 0. The summed E-state index contributed by atoms with van der Waals surface area (Å²) in [6.45, 7) is 2.92. The molecule has 0 saturated heterocycles. The maximum absolute atomic E-state index is 8.89. The summed E-state index contributed by atoms with van der Waals surface area (Å²) in [5, 5.41) is 26.7. The minimum Gasteiger partial charge on any atom is -0.550 e. The van der Waals surface area contributed by atoms with Crippen LogP contribution in [0.1, 0.15) is 20.8 Å². The zero-order valence-corrected chi connectivity index (χ0v) is 10.3. The molecule has 0 heterocycles. The molecule has 0 aliphatic carbocycles. The first-order valence-corrected chi connectivity index (χ1v) is 2.72. The van der Waals surface area contributed by atoms with Crippen molar-refractivity contribution >= 4 is 17.9 Å². The fraction of sp³-hybridized carbons (Fsp3) is 0.500. The predicted molar refractivity (Wildman–Crippen MR) is 32.0 cm³/mol. The Morgan fingerprint density at radius 3 is 0.692 bits per heavy atom. The van der Waals surface area contributed by atoms with Crippen molar-refractivity contribution in [2.24, 2.45) is 0 Å². The molecule has 13 heavy (non-hydrogen) atoms. The van der Waals surface area contributed by atoms with Gasteiger partial charge in [0.15, 0.2) is 0 Å². The van der Waals surface area contributed by atoms with Crippen LogP contribution in [0.4, 0.5) is 0 Å². The molecule has 0 aliphatic heterocycles. The van der Waals surface area contributed by atoms with Crippen LogP contribution in [0.3, 0.4) is 0 Å². The van der Waals surface area contributed by atoms with E-state index in [0.29, 0.717) is 0 Å². The molecule has 0 spiro atoms. The van der Waals surface area contributed by atoms with Gasteiger partial charge >= 0.3 is 0 Å². The summed E-state index contributed by atoms with van der Waals surface area (Å²) in [5.74, 6) is -3.25. The molecule has 0 fully saturated rings. The average molecular weight is 322 g/mol. The van der Waals surface area contributed by atoms with Crippen molar-refractivity contribution in [3.05, 3.63) is 0 Å². The second-order valence-corrected chi connectivity index (χ2v) is 1.47. The summed E-state index contributed by atoms with van der Waals surface area (Å²) >= 11 is 0. The van der Waals surface area contributed by atoms with Gasteiger partial charge in [-0.05, 0) is 20.8 Å². The van der Waals surface area contributed by atoms with Crippen LogP contribution in [0.25, 0.3) is 0 Å². The molecule has 0 atom stereocenters. The molecule has 6 nitrogen and oxygen atoms in total. The van der Waals surface area contributed by atoms with Crippen molar-refractivity contribution in [1.82, 2.24) is 0 Å². The van der Waals surface area contributed by atoms with Gasteiger partial charge in [0.05, 0.1) is 0 Å². The minimum atomic E-state index is -1.08. The van der Waals surface area contributed by atoms with Gasteiger partial charge in [-0.3, -0.25) is 0 Å². The Hall–Kier alpha value is -0.252. The third-order valence-corrected chi connectivity index (χ3v) is 0. The van der Waals surface area contributed by atoms with Crippen LogP contribution < -0.4 is 15.3 Å². The van der Waals surface area contributed by atoms with E-state index in [9.17, 15) is 0 Å². The van der Waals surface area contributed by atoms with E-state index in [0.717, 1.165) is 20.8 Å². The van der Waals surface area contributed by atoms with E-state index in [1.807, 2.05) is 0 Å². The molecular weight excluding hydrogens is 313 g/mol. The van der Waals surface area contributed by atoms with Gasteiger partial charge in [-0.15, -0.1) is 0 Å². The van der Waals surface area contributed by atoms with E-state index in [1.165, 1.54) is 0 Å². The van der Waals surface area contributed by atoms with Crippen molar-refractivity contribution in [3.8, 4) is 0 Å². The first-order chi connectivity index (χ1) is 5.20. The van der Waals surface area contributed by atoms with Crippen LogP contribution in [-0.2, 0) is 14.4 Å². The molecular formula is C6H9O6Pm-3. The van der Waals surface area contributed by atoms with Crippen LogP contribution in [-0.4, -0.2) is 17.9 Å². The second-order valence-electron chi connectivity index (χ2n) is 1.47. The zero-order valence-electron chi connectivity index (χ0n) is 7.40. The van der Waals surface area contributed by atoms with Crippen LogP contribution in [0.2, 0.25) is 0 Å². The van der Waals surface area contributed by atoms with Gasteiger partial charge in [0.2, 0.25) is 0 Å². The third-order valence-electron chi connectivity index (χ3n) is 0. The fourth-order valence-electron chi connectivity index (χ4n) is 0. The Kier molecular flexibility index (Phi) is 31.4. The molecule has 0 rings (SSSR count). The SMILES string of the molecule is CC(=O)[O-].CC(=O)[O-].CC(=O)[O-].[Pm]. The number of aliphatic carboxylic acids is 3. The monoisotopic (exact) mass is 322 g/mol. The molecule has 77 valence electrons. The first kappa shape index (κ1) is 23.0. The van der Waals surface area contributed by atoms with Gasteiger partial charge in [0, 0.05) is 58.3 Å². The van der Waals surface area contributed by atoms with Crippen LogP contribution in [0, 0.1) is 40.4 Å². The molecule has 1 radical (unpaired) electrons. The zero-order chi connectivity index (χ0) is 10.7. The van der Waals surface area contributed by atoms with Crippen molar-refractivity contribution in [2.75, 3.05) is 0 Å². The maximum atomic E-state index is 8.89. The van der Waals surface area contributed by atoms with E-state index in [-0.39, 0.29) is 40.4 Å². The van der Waals surface area contributed by atoms with E-state index in [2.05, 4.69) is 0 Å². The number of rotatable bonds is 0. The molecule has 0 saturated carbocycles. The number of carbonyl (C=O) groups is 3. The van der Waals surface area contributed by atoms with E-state index < -0.39 is 17.9 Å². The number of carbonyl (C=O) groups excluding carboxylic acids is 3. The molecule has 0 N–H and O–H groups in total. The minimum absolute atomic E-state index is 0. The van der Waals surface area contributed by atoms with Crippen molar-refractivity contribution < 1.29 is 70.1 Å². The van der Waals surface area contributed by atoms with Gasteiger partial charge in [-0.2, -0.15) is 0 Å². The fourth-order valence-corrected chi connectivity index (χ4v) is 0. The topological polar surface area (TPSA) is 120 Å². The Morgan fingerprint density at radius 1 is 0.692 bits per heavy atom. The van der Waals surface area contributed by atoms with Gasteiger partial charge in [0.1, 0.15) is 0 Å². The normalized spacial score (nSPS) is 5.77. The second kappa shape index (κ2) is 17.7. The predicted octanol–water partition coefficient (Wildman–Crippen LogP) is -3.73. The van der Waals surface area contributed by atoms with Crippen molar-refractivity contribution in [3.63, 3.8) is 0 Å². The van der Waals surface area contributed by atoms with Gasteiger partial charge in [-0.25, -0.2) is 0 Å². The van der Waals surface area contributed by atoms with Gasteiger partial charge in [-0.1, -0.05) is 0 Å². The summed E-state index contributed by atoms with van der Waals surface area (Å²) in [6, 6.07) is 0. The summed E-state index contributed by atoms with van der Waals surface area (Å²) < 4.78 is 0. The Balaban J connectivity index is -0.0000000450. The molecule has 0 aliphatic rings. The van der Waals surface area contributed by atoms with Crippen molar-refractivity contribution in [2.45, 2.75) is 20.8 Å². The molecule has 7 heteroatoms. The summed E-state index contributed by atoms with van der Waals surface area (Å²) in [5.41, 5.74) is 0. The Bertz CT molecular complexity index is 115. The largest absolute Gasteiger partial charge is 0.550 e. The molecule has 0 amide bonds. The number of carboxylic acids is 3. The van der Waals surface area contributed by atoms with Gasteiger partial charge in [0.25, 0.3) is 0 Å². The van der Waals surface area contributed by atoms with E-state index in [1.54, 1.807) is 0 Å². The molecule has 0 aromatic rings. The number of hydrogen-bond acceptors (Lipinski definition) is 6. The van der Waals surface area contributed by atoms with E-state index in [4.69, 9.17) is 29.7 Å². The quantitative estimate of drug-likeness (QED) is 0.452. The van der Waals surface area contributed by atoms with E-state index >= 15 is 0 Å². The number of hydrogen-bond donors (Lipinski definition) is 0. The third kappa shape index (κ3) is 17500. The van der Waals surface area contributed by atoms with Crippen LogP contribution in [0.5, 0.6) is 0 Å². The van der Waals surface area contributed by atoms with Crippen LogP contribution >= 0.6 is 0 Å². The molecule has 0 aromatic carbocycles. The first-order valence-electron chi connectivity index (χ1n) is 2.72. The smallest absolute Gasteiger partial charge is 0.0383 e. The number of carboxylic acid groups (broad SMARTS) is 3. The van der Waals surface area contributed by atoms with Crippen LogP contribution in [0.15, 0.2) is 0 Å². The van der Waals surface area contributed by atoms with Crippen molar-refractivity contribution in [1.29, 1.82) is 0 Å². The van der Waals surface area contributed by atoms with Gasteiger partial charge < -0.3 is 29.7 Å². The Morgan fingerprint density at radius 2 is 0.692 bits per heavy atom. The molecule has 0 aromatic heterocycles.